The maximum Gasteiger partial charge on any atom is 0.0462 e. The SMILES string of the molecule is C=CCC(CCl)CCCCOC. The summed E-state index contributed by atoms with van der Waals surface area (Å²) in [5.74, 6) is 1.36. The van der Waals surface area contributed by atoms with Crippen molar-refractivity contribution in [3.8, 4) is 0 Å². The van der Waals surface area contributed by atoms with Crippen LogP contribution >= 0.6 is 11.6 Å². The van der Waals surface area contributed by atoms with Crippen molar-refractivity contribution in [3.63, 3.8) is 0 Å². The fourth-order valence-electron chi connectivity index (χ4n) is 1.17. The molecule has 72 valence electrons. The summed E-state index contributed by atoms with van der Waals surface area (Å²) in [6, 6.07) is 0. The van der Waals surface area contributed by atoms with Crippen LogP contribution in [-0.2, 0) is 4.74 Å². The zero-order valence-electron chi connectivity index (χ0n) is 7.89. The Balaban J connectivity index is 3.25. The van der Waals surface area contributed by atoms with E-state index in [9.17, 15) is 0 Å². The molecule has 0 aromatic carbocycles. The molecule has 12 heavy (non-hydrogen) atoms. The van der Waals surface area contributed by atoms with E-state index in [0.717, 1.165) is 25.3 Å². The maximum absolute atomic E-state index is 5.78. The van der Waals surface area contributed by atoms with Crippen molar-refractivity contribution in [2.75, 3.05) is 19.6 Å². The van der Waals surface area contributed by atoms with Gasteiger partial charge in [0, 0.05) is 19.6 Å². The van der Waals surface area contributed by atoms with Gasteiger partial charge in [0.15, 0.2) is 0 Å². The topological polar surface area (TPSA) is 9.23 Å². The average molecular weight is 191 g/mol. The molecule has 1 unspecified atom stereocenters. The highest BCUT2D eigenvalue weighted by Crippen LogP contribution is 2.14. The Morgan fingerprint density at radius 2 is 2.25 bits per heavy atom. The third kappa shape index (κ3) is 6.68. The van der Waals surface area contributed by atoms with Crippen molar-refractivity contribution in [3.05, 3.63) is 12.7 Å². The van der Waals surface area contributed by atoms with Crippen LogP contribution in [0.1, 0.15) is 25.7 Å². The van der Waals surface area contributed by atoms with E-state index in [-0.39, 0.29) is 0 Å². The number of hydrogen-bond acceptors (Lipinski definition) is 1. The Bertz CT molecular complexity index is 104. The summed E-state index contributed by atoms with van der Waals surface area (Å²) in [7, 11) is 1.74. The predicted octanol–water partition coefficient (Wildman–Crippen LogP) is 3.23. The molecule has 0 N–H and O–H groups in total. The molecule has 0 fully saturated rings. The molecule has 0 amide bonds. The Morgan fingerprint density at radius 3 is 2.75 bits per heavy atom. The van der Waals surface area contributed by atoms with Gasteiger partial charge in [-0.3, -0.25) is 0 Å². The fraction of sp³-hybridized carbons (Fsp3) is 0.800. The van der Waals surface area contributed by atoms with Crippen LogP contribution in [0.2, 0.25) is 0 Å². The van der Waals surface area contributed by atoms with Crippen molar-refractivity contribution in [2.45, 2.75) is 25.7 Å². The van der Waals surface area contributed by atoms with Crippen molar-refractivity contribution in [2.24, 2.45) is 5.92 Å². The summed E-state index contributed by atoms with van der Waals surface area (Å²) in [5, 5.41) is 0. The maximum atomic E-state index is 5.78. The molecule has 0 aliphatic rings. The standard InChI is InChI=1S/C10H19ClO/c1-3-6-10(9-11)7-4-5-8-12-2/h3,10H,1,4-9H2,2H3. The summed E-state index contributed by atoms with van der Waals surface area (Å²) in [6.45, 7) is 4.57. The van der Waals surface area contributed by atoms with E-state index in [0.29, 0.717) is 5.92 Å². The molecule has 0 spiro atoms. The number of ether oxygens (including phenoxy) is 1. The lowest BCUT2D eigenvalue weighted by Gasteiger charge is -2.10. The van der Waals surface area contributed by atoms with Gasteiger partial charge in [-0.2, -0.15) is 0 Å². The zero-order valence-corrected chi connectivity index (χ0v) is 8.65. The number of alkyl halides is 1. The van der Waals surface area contributed by atoms with Gasteiger partial charge in [0.25, 0.3) is 0 Å². The Morgan fingerprint density at radius 1 is 1.50 bits per heavy atom. The van der Waals surface area contributed by atoms with E-state index in [1.54, 1.807) is 7.11 Å². The molecule has 0 aliphatic heterocycles. The summed E-state index contributed by atoms with van der Waals surface area (Å²) in [6.07, 6.45) is 6.53. The molecule has 0 radical (unpaired) electrons. The first-order valence-electron chi connectivity index (χ1n) is 4.51. The van der Waals surface area contributed by atoms with Crippen LogP contribution in [-0.4, -0.2) is 19.6 Å². The van der Waals surface area contributed by atoms with Gasteiger partial charge in [0.05, 0.1) is 0 Å². The van der Waals surface area contributed by atoms with Gasteiger partial charge < -0.3 is 4.74 Å². The zero-order chi connectivity index (χ0) is 9.23. The highest BCUT2D eigenvalue weighted by Gasteiger charge is 2.03. The minimum atomic E-state index is 0.612. The predicted molar refractivity (Wildman–Crippen MR) is 54.8 cm³/mol. The highest BCUT2D eigenvalue weighted by molar-refractivity contribution is 6.18. The summed E-state index contributed by atoms with van der Waals surface area (Å²) < 4.78 is 4.96. The average Bonchev–Trinajstić information content (AvgIpc) is 2.10. The van der Waals surface area contributed by atoms with Gasteiger partial charge in [-0.1, -0.05) is 12.5 Å². The van der Waals surface area contributed by atoms with Crippen LogP contribution in [0.25, 0.3) is 0 Å². The first kappa shape index (κ1) is 12.0. The monoisotopic (exact) mass is 190 g/mol. The second-order valence-corrected chi connectivity index (χ2v) is 3.34. The van der Waals surface area contributed by atoms with Gasteiger partial charge in [0.1, 0.15) is 0 Å². The van der Waals surface area contributed by atoms with Gasteiger partial charge in [-0.25, -0.2) is 0 Å². The third-order valence-corrected chi connectivity index (χ3v) is 2.37. The van der Waals surface area contributed by atoms with E-state index in [1.165, 1.54) is 12.8 Å². The van der Waals surface area contributed by atoms with Crippen LogP contribution in [0.3, 0.4) is 0 Å². The molecule has 0 aromatic rings. The molecule has 2 heteroatoms. The molecule has 1 nitrogen and oxygen atoms in total. The molecule has 0 bridgehead atoms. The molecule has 0 aromatic heterocycles. The first-order chi connectivity index (χ1) is 5.85. The largest absolute Gasteiger partial charge is 0.385 e. The Kier molecular flexibility index (Phi) is 9.07. The molecule has 0 saturated heterocycles. The quantitative estimate of drug-likeness (QED) is 0.325. The normalized spacial score (nSPS) is 12.8. The fourth-order valence-corrected chi connectivity index (χ4v) is 1.45. The number of unbranched alkanes of at least 4 members (excludes halogenated alkanes) is 1. The van der Waals surface area contributed by atoms with Crippen molar-refractivity contribution >= 4 is 11.6 Å². The molecule has 0 aliphatic carbocycles. The van der Waals surface area contributed by atoms with E-state index in [1.807, 2.05) is 6.08 Å². The number of hydrogen-bond donors (Lipinski definition) is 0. The summed E-state index contributed by atoms with van der Waals surface area (Å²) >= 11 is 5.78. The van der Waals surface area contributed by atoms with E-state index >= 15 is 0 Å². The minimum absolute atomic E-state index is 0.612. The molecule has 0 rings (SSSR count). The van der Waals surface area contributed by atoms with Crippen LogP contribution in [0.15, 0.2) is 12.7 Å². The van der Waals surface area contributed by atoms with Crippen molar-refractivity contribution in [1.29, 1.82) is 0 Å². The highest BCUT2D eigenvalue weighted by atomic mass is 35.5. The smallest absolute Gasteiger partial charge is 0.0462 e. The second-order valence-electron chi connectivity index (χ2n) is 3.03. The van der Waals surface area contributed by atoms with E-state index in [2.05, 4.69) is 6.58 Å². The number of methoxy groups -OCH3 is 1. The van der Waals surface area contributed by atoms with Crippen LogP contribution < -0.4 is 0 Å². The molecule has 0 saturated carbocycles. The summed E-state index contributed by atoms with van der Waals surface area (Å²) in [5.41, 5.74) is 0. The van der Waals surface area contributed by atoms with Crippen LogP contribution in [0.4, 0.5) is 0 Å². The third-order valence-electron chi connectivity index (χ3n) is 1.93. The lowest BCUT2D eigenvalue weighted by atomic mass is 10.0. The molecule has 0 heterocycles. The van der Waals surface area contributed by atoms with Crippen molar-refractivity contribution < 1.29 is 4.74 Å². The van der Waals surface area contributed by atoms with Gasteiger partial charge in [-0.15, -0.1) is 18.2 Å². The number of halogens is 1. The summed E-state index contributed by atoms with van der Waals surface area (Å²) in [4.78, 5) is 0. The Labute approximate surface area is 80.8 Å². The van der Waals surface area contributed by atoms with Crippen LogP contribution in [0.5, 0.6) is 0 Å². The van der Waals surface area contributed by atoms with Crippen LogP contribution in [0, 0.1) is 5.92 Å². The minimum Gasteiger partial charge on any atom is -0.385 e. The van der Waals surface area contributed by atoms with Crippen molar-refractivity contribution in [1.82, 2.24) is 0 Å². The molecule has 1 atom stereocenters. The first-order valence-corrected chi connectivity index (χ1v) is 5.04. The van der Waals surface area contributed by atoms with E-state index in [4.69, 9.17) is 16.3 Å². The van der Waals surface area contributed by atoms with Gasteiger partial charge >= 0.3 is 0 Å². The molecular formula is C10H19ClO. The number of rotatable bonds is 8. The second kappa shape index (κ2) is 9.08. The Hall–Kier alpha value is -0.0100. The number of allylic oxidation sites excluding steroid dienone is 1. The van der Waals surface area contributed by atoms with E-state index < -0.39 is 0 Å². The molecular weight excluding hydrogens is 172 g/mol. The van der Waals surface area contributed by atoms with Gasteiger partial charge in [-0.05, 0) is 25.2 Å². The lowest BCUT2D eigenvalue weighted by Crippen LogP contribution is -2.01. The van der Waals surface area contributed by atoms with Gasteiger partial charge in [0.2, 0.25) is 0 Å². The lowest BCUT2D eigenvalue weighted by molar-refractivity contribution is 0.190.